The van der Waals surface area contributed by atoms with E-state index in [0.717, 1.165) is 30.6 Å². The van der Waals surface area contributed by atoms with Crippen LogP contribution in [0.4, 0.5) is 5.69 Å². The molecule has 0 spiro atoms. The molecule has 45 heavy (non-hydrogen) atoms. The average Bonchev–Trinajstić information content (AvgIpc) is 3.33. The number of carbonyl (C=O) groups excluding carboxylic acids is 2. The Bertz CT molecular complexity index is 1700. The van der Waals surface area contributed by atoms with Crippen molar-refractivity contribution in [1.29, 1.82) is 0 Å². The monoisotopic (exact) mass is 673 g/mol. The second-order valence-corrected chi connectivity index (χ2v) is 15.0. The Morgan fingerprint density at radius 2 is 1.82 bits per heavy atom. The van der Waals surface area contributed by atoms with Crippen molar-refractivity contribution >= 4 is 50.7 Å². The number of carbonyl (C=O) groups is 2. The molecule has 7 rings (SSSR count). The predicted octanol–water partition coefficient (Wildman–Crippen LogP) is 5.72. The van der Waals surface area contributed by atoms with Crippen molar-refractivity contribution in [1.82, 2.24) is 9.88 Å². The van der Waals surface area contributed by atoms with E-state index < -0.39 is 15.9 Å². The first kappa shape index (κ1) is 30.7. The van der Waals surface area contributed by atoms with Crippen LogP contribution in [0.15, 0.2) is 47.0 Å². The fourth-order valence-electron chi connectivity index (χ4n) is 6.72. The topological polar surface area (TPSA) is 128 Å². The third-order valence-electron chi connectivity index (χ3n) is 9.28. The van der Waals surface area contributed by atoms with Crippen molar-refractivity contribution in [3.8, 4) is 11.3 Å². The molecule has 13 heteroatoms. The summed E-state index contributed by atoms with van der Waals surface area (Å²) in [5.41, 5.74) is 2.88. The van der Waals surface area contributed by atoms with Gasteiger partial charge in [0.2, 0.25) is 15.9 Å². The summed E-state index contributed by atoms with van der Waals surface area (Å²) in [6.07, 6.45) is 4.38. The average molecular weight is 675 g/mol. The molecule has 2 aliphatic carbocycles. The number of rotatable bonds is 11. The lowest BCUT2D eigenvalue weighted by atomic mass is 10.0. The molecule has 3 aromatic rings. The minimum absolute atomic E-state index is 0.0333. The number of nitrogens with one attached hydrogen (secondary N) is 1. The second kappa shape index (κ2) is 12.3. The lowest BCUT2D eigenvalue weighted by Crippen LogP contribution is -2.43. The van der Waals surface area contributed by atoms with Gasteiger partial charge in [0.05, 0.1) is 34.4 Å². The molecule has 2 saturated carbocycles. The summed E-state index contributed by atoms with van der Waals surface area (Å²) in [5.74, 6) is 0.121. The molecule has 1 unspecified atom stereocenters. The number of amides is 2. The van der Waals surface area contributed by atoms with Gasteiger partial charge in [-0.1, -0.05) is 34.4 Å². The number of anilines is 1. The number of benzene rings is 2. The normalized spacial score (nSPS) is 24.5. The highest BCUT2D eigenvalue weighted by molar-refractivity contribution is 7.90. The molecule has 0 radical (unpaired) electrons. The number of aromatic nitrogens is 1. The molecule has 2 aliphatic heterocycles. The van der Waals surface area contributed by atoms with E-state index in [1.165, 1.54) is 0 Å². The maximum absolute atomic E-state index is 13.5. The SMILES string of the molecule is O=C(NS(=O)(=O)CCC1CCOC1)c1ccc(N2C(=O)[C@@H]3C[C@H]2C[C@H]3OCc2c(-c3c(Cl)cccc3Cl)noc2C2CC2)cc1. The molecule has 1 N–H and O–H groups in total. The molecule has 2 saturated heterocycles. The van der Waals surface area contributed by atoms with Gasteiger partial charge in [-0.05, 0) is 80.8 Å². The number of ether oxygens (including phenoxy) is 2. The predicted molar refractivity (Wildman–Crippen MR) is 168 cm³/mol. The van der Waals surface area contributed by atoms with Crippen molar-refractivity contribution in [2.45, 2.75) is 63.2 Å². The molecule has 2 bridgehead atoms. The molecule has 3 heterocycles. The van der Waals surface area contributed by atoms with E-state index in [-0.39, 0.29) is 47.8 Å². The summed E-state index contributed by atoms with van der Waals surface area (Å²) in [6.45, 7) is 1.43. The minimum atomic E-state index is -3.77. The van der Waals surface area contributed by atoms with Crippen LogP contribution in [0.25, 0.3) is 11.3 Å². The van der Waals surface area contributed by atoms with Crippen LogP contribution in [-0.4, -0.2) is 56.5 Å². The Morgan fingerprint density at radius 1 is 1.07 bits per heavy atom. The Balaban J connectivity index is 0.986. The smallest absolute Gasteiger partial charge is 0.264 e. The van der Waals surface area contributed by atoms with Gasteiger partial charge in [-0.3, -0.25) is 9.59 Å². The van der Waals surface area contributed by atoms with E-state index in [2.05, 4.69) is 9.88 Å². The molecular formula is C32H33Cl2N3O7S. The third kappa shape index (κ3) is 6.25. The van der Waals surface area contributed by atoms with Crippen molar-refractivity contribution in [3.63, 3.8) is 0 Å². The van der Waals surface area contributed by atoms with Crippen LogP contribution < -0.4 is 9.62 Å². The lowest BCUT2D eigenvalue weighted by Gasteiger charge is -2.31. The zero-order valence-corrected chi connectivity index (χ0v) is 26.7. The molecule has 4 fully saturated rings. The zero-order chi connectivity index (χ0) is 31.3. The summed E-state index contributed by atoms with van der Waals surface area (Å²) in [4.78, 5) is 27.9. The fraction of sp³-hybridized carbons (Fsp3) is 0.469. The standard InChI is InChI=1S/C32H33Cl2N3O7S/c33-25-2-1-3-26(34)28(25)29-24(30(44-35-29)19-4-5-19)17-43-27-15-22-14-23(27)32(39)37(22)21-8-6-20(7-9-21)31(38)36-45(40,41)13-11-18-10-12-42-16-18/h1-3,6-9,18-19,22-23,27H,4-5,10-17H2,(H,36,38)/t18?,22-,23+,27+/m0/s1. The molecule has 2 amide bonds. The molecule has 4 atom stereocenters. The van der Waals surface area contributed by atoms with Crippen molar-refractivity contribution in [2.75, 3.05) is 23.9 Å². The second-order valence-electron chi connectivity index (χ2n) is 12.3. The van der Waals surface area contributed by atoms with E-state index in [1.807, 2.05) is 0 Å². The Kier molecular flexibility index (Phi) is 8.41. The molecular weight excluding hydrogens is 641 g/mol. The van der Waals surface area contributed by atoms with Crippen LogP contribution in [0.3, 0.4) is 0 Å². The molecule has 2 aromatic carbocycles. The number of fused-ring (bicyclic) bond motifs is 2. The van der Waals surface area contributed by atoms with Gasteiger partial charge >= 0.3 is 0 Å². The van der Waals surface area contributed by atoms with Gasteiger partial charge < -0.3 is 18.9 Å². The lowest BCUT2D eigenvalue weighted by molar-refractivity contribution is -0.126. The van der Waals surface area contributed by atoms with Gasteiger partial charge in [-0.15, -0.1) is 0 Å². The quantitative estimate of drug-likeness (QED) is 0.274. The van der Waals surface area contributed by atoms with Gasteiger partial charge in [-0.2, -0.15) is 0 Å². The van der Waals surface area contributed by atoms with E-state index in [9.17, 15) is 18.0 Å². The molecule has 10 nitrogen and oxygen atoms in total. The van der Waals surface area contributed by atoms with Gasteiger partial charge in [-0.25, -0.2) is 13.1 Å². The van der Waals surface area contributed by atoms with E-state index in [1.54, 1.807) is 47.4 Å². The number of piperidine rings is 1. The van der Waals surface area contributed by atoms with Gasteiger partial charge in [0, 0.05) is 47.6 Å². The molecule has 1 aromatic heterocycles. The molecule has 238 valence electrons. The highest BCUT2D eigenvalue weighted by Gasteiger charge is 2.52. The largest absolute Gasteiger partial charge is 0.381 e. The molecule has 4 aliphatic rings. The first-order valence-electron chi connectivity index (χ1n) is 15.3. The van der Waals surface area contributed by atoms with Crippen LogP contribution in [0, 0.1) is 11.8 Å². The summed E-state index contributed by atoms with van der Waals surface area (Å²) in [7, 11) is -3.77. The zero-order valence-electron chi connectivity index (χ0n) is 24.4. The Labute approximate surface area is 271 Å². The van der Waals surface area contributed by atoms with Crippen LogP contribution in [0.5, 0.6) is 0 Å². The van der Waals surface area contributed by atoms with Gasteiger partial charge in [0.25, 0.3) is 5.91 Å². The van der Waals surface area contributed by atoms with E-state index in [4.69, 9.17) is 37.2 Å². The Morgan fingerprint density at radius 3 is 2.49 bits per heavy atom. The summed E-state index contributed by atoms with van der Waals surface area (Å²) in [5, 5.41) is 5.28. The highest BCUT2D eigenvalue weighted by Crippen LogP contribution is 2.47. The highest BCUT2D eigenvalue weighted by atomic mass is 35.5. The Hall–Kier alpha value is -2.96. The number of hydrogen-bond donors (Lipinski definition) is 1. The van der Waals surface area contributed by atoms with Crippen molar-refractivity contribution in [3.05, 3.63) is 69.4 Å². The maximum Gasteiger partial charge on any atom is 0.264 e. The van der Waals surface area contributed by atoms with E-state index >= 15 is 0 Å². The maximum atomic E-state index is 13.5. The number of hydrogen-bond acceptors (Lipinski definition) is 8. The van der Waals surface area contributed by atoms with Crippen LogP contribution in [-0.2, 0) is 30.9 Å². The number of nitrogens with zero attached hydrogens (tertiary/aromatic N) is 2. The van der Waals surface area contributed by atoms with E-state index in [0.29, 0.717) is 65.4 Å². The summed E-state index contributed by atoms with van der Waals surface area (Å²) >= 11 is 13.0. The van der Waals surface area contributed by atoms with Gasteiger partial charge in [0.1, 0.15) is 11.5 Å². The van der Waals surface area contributed by atoms with Crippen molar-refractivity contribution < 1.29 is 32.0 Å². The number of halogens is 2. The summed E-state index contributed by atoms with van der Waals surface area (Å²) < 4.78 is 44.5. The van der Waals surface area contributed by atoms with Crippen LogP contribution in [0.2, 0.25) is 10.0 Å². The number of sulfonamides is 1. The summed E-state index contributed by atoms with van der Waals surface area (Å²) in [6, 6.07) is 11.7. The van der Waals surface area contributed by atoms with Crippen LogP contribution >= 0.6 is 23.2 Å². The fourth-order valence-corrected chi connectivity index (χ4v) is 8.44. The van der Waals surface area contributed by atoms with Crippen LogP contribution in [0.1, 0.15) is 66.1 Å². The first-order valence-corrected chi connectivity index (χ1v) is 17.7. The van der Waals surface area contributed by atoms with Gasteiger partial charge in [0.15, 0.2) is 0 Å². The minimum Gasteiger partial charge on any atom is -0.381 e. The first-order chi connectivity index (χ1) is 21.7. The van der Waals surface area contributed by atoms with Crippen molar-refractivity contribution in [2.24, 2.45) is 11.8 Å². The third-order valence-corrected chi connectivity index (χ3v) is 11.2.